The highest BCUT2D eigenvalue weighted by Gasteiger charge is 2.11. The highest BCUT2D eigenvalue weighted by atomic mass is 16.5. The van der Waals surface area contributed by atoms with E-state index in [1.54, 1.807) is 4.68 Å². The second kappa shape index (κ2) is 4.95. The number of ether oxygens (including phenoxy) is 1. The largest absolute Gasteiger partial charge is 0.494 e. The molecule has 0 aliphatic carbocycles. The van der Waals surface area contributed by atoms with Gasteiger partial charge in [0.2, 0.25) is 0 Å². The molecule has 0 bridgehead atoms. The van der Waals surface area contributed by atoms with Crippen molar-refractivity contribution < 1.29 is 4.74 Å². The Morgan fingerprint density at radius 2 is 2.18 bits per heavy atom. The first kappa shape index (κ1) is 11.6. The molecule has 0 aliphatic rings. The summed E-state index contributed by atoms with van der Waals surface area (Å²) in [6, 6.07) is 7.76. The monoisotopic (exact) mass is 232 g/mol. The van der Waals surface area contributed by atoms with Crippen molar-refractivity contribution in [1.29, 1.82) is 0 Å². The van der Waals surface area contributed by atoms with E-state index in [9.17, 15) is 0 Å². The number of benzene rings is 1. The SMILES string of the molecule is CCOc1cccc(-n2nnnc2C(C)C)c1. The molecule has 0 radical (unpaired) electrons. The molecule has 2 aromatic rings. The highest BCUT2D eigenvalue weighted by molar-refractivity contribution is 5.39. The van der Waals surface area contributed by atoms with Crippen LogP contribution in [0.5, 0.6) is 5.75 Å². The summed E-state index contributed by atoms with van der Waals surface area (Å²) in [5.41, 5.74) is 0.921. The van der Waals surface area contributed by atoms with Gasteiger partial charge < -0.3 is 4.74 Å². The minimum absolute atomic E-state index is 0.278. The Hall–Kier alpha value is -1.91. The Kier molecular flexibility index (Phi) is 3.37. The van der Waals surface area contributed by atoms with Crippen LogP contribution in [-0.4, -0.2) is 26.8 Å². The van der Waals surface area contributed by atoms with Crippen molar-refractivity contribution >= 4 is 0 Å². The minimum Gasteiger partial charge on any atom is -0.494 e. The van der Waals surface area contributed by atoms with E-state index in [1.165, 1.54) is 0 Å². The van der Waals surface area contributed by atoms with Crippen LogP contribution >= 0.6 is 0 Å². The van der Waals surface area contributed by atoms with Crippen molar-refractivity contribution in [2.24, 2.45) is 0 Å². The van der Waals surface area contributed by atoms with Gasteiger partial charge in [0.15, 0.2) is 5.82 Å². The van der Waals surface area contributed by atoms with Crippen molar-refractivity contribution in [1.82, 2.24) is 20.2 Å². The highest BCUT2D eigenvalue weighted by Crippen LogP contribution is 2.19. The summed E-state index contributed by atoms with van der Waals surface area (Å²) in [5, 5.41) is 11.8. The Labute approximate surface area is 100 Å². The topological polar surface area (TPSA) is 52.8 Å². The Bertz CT molecular complexity index is 493. The van der Waals surface area contributed by atoms with E-state index >= 15 is 0 Å². The average Bonchev–Trinajstić information content (AvgIpc) is 2.79. The van der Waals surface area contributed by atoms with Crippen molar-refractivity contribution in [3.05, 3.63) is 30.1 Å². The van der Waals surface area contributed by atoms with E-state index in [4.69, 9.17) is 4.74 Å². The molecule has 0 saturated heterocycles. The predicted molar refractivity (Wildman–Crippen MR) is 64.4 cm³/mol. The van der Waals surface area contributed by atoms with E-state index in [1.807, 2.05) is 31.2 Å². The fourth-order valence-corrected chi connectivity index (χ4v) is 1.61. The molecule has 5 nitrogen and oxygen atoms in total. The fraction of sp³-hybridized carbons (Fsp3) is 0.417. The summed E-state index contributed by atoms with van der Waals surface area (Å²) in [6.45, 7) is 6.74. The molecule has 0 spiro atoms. The molecule has 0 N–H and O–H groups in total. The zero-order valence-corrected chi connectivity index (χ0v) is 10.3. The molecule has 5 heteroatoms. The van der Waals surface area contributed by atoms with E-state index in [0.29, 0.717) is 6.61 Å². The standard InChI is InChI=1S/C12H16N4O/c1-4-17-11-7-5-6-10(8-11)16-12(9(2)3)13-14-15-16/h5-9H,4H2,1-3H3. The number of hydrogen-bond acceptors (Lipinski definition) is 4. The zero-order chi connectivity index (χ0) is 12.3. The number of hydrogen-bond donors (Lipinski definition) is 0. The molecule has 0 unspecified atom stereocenters. The van der Waals surface area contributed by atoms with Gasteiger partial charge in [0.05, 0.1) is 12.3 Å². The van der Waals surface area contributed by atoms with Gasteiger partial charge in [0.25, 0.3) is 0 Å². The summed E-state index contributed by atoms with van der Waals surface area (Å²) in [6.07, 6.45) is 0. The molecule has 1 heterocycles. The van der Waals surface area contributed by atoms with E-state index in [2.05, 4.69) is 29.4 Å². The summed E-state index contributed by atoms with van der Waals surface area (Å²) in [7, 11) is 0. The molecule has 1 aromatic heterocycles. The zero-order valence-electron chi connectivity index (χ0n) is 10.3. The third-order valence-corrected chi connectivity index (χ3v) is 2.38. The maximum Gasteiger partial charge on any atom is 0.159 e. The molecule has 1 aromatic carbocycles. The van der Waals surface area contributed by atoms with Crippen LogP contribution in [-0.2, 0) is 0 Å². The molecule has 0 atom stereocenters. The number of rotatable bonds is 4. The average molecular weight is 232 g/mol. The van der Waals surface area contributed by atoms with Crippen LogP contribution in [0.3, 0.4) is 0 Å². The molecular weight excluding hydrogens is 216 g/mol. The Balaban J connectivity index is 2.38. The maximum atomic E-state index is 5.46. The second-order valence-corrected chi connectivity index (χ2v) is 4.03. The van der Waals surface area contributed by atoms with Gasteiger partial charge >= 0.3 is 0 Å². The van der Waals surface area contributed by atoms with Crippen LogP contribution in [0, 0.1) is 0 Å². The van der Waals surface area contributed by atoms with Gasteiger partial charge in [-0.15, -0.1) is 5.10 Å². The van der Waals surface area contributed by atoms with Gasteiger partial charge in [-0.3, -0.25) is 0 Å². The first-order valence-electron chi connectivity index (χ1n) is 5.74. The lowest BCUT2D eigenvalue weighted by molar-refractivity contribution is 0.340. The molecule has 0 saturated carbocycles. The maximum absolute atomic E-state index is 5.46. The van der Waals surface area contributed by atoms with Crippen LogP contribution in [0.2, 0.25) is 0 Å². The van der Waals surface area contributed by atoms with E-state index in [-0.39, 0.29) is 5.92 Å². The Morgan fingerprint density at radius 3 is 2.88 bits per heavy atom. The first-order chi connectivity index (χ1) is 8.22. The lowest BCUT2D eigenvalue weighted by atomic mass is 10.2. The molecule has 0 fully saturated rings. The second-order valence-electron chi connectivity index (χ2n) is 4.03. The normalized spacial score (nSPS) is 10.8. The summed E-state index contributed by atoms with van der Waals surface area (Å²) >= 11 is 0. The smallest absolute Gasteiger partial charge is 0.159 e. The van der Waals surface area contributed by atoms with Crippen LogP contribution < -0.4 is 4.74 Å². The van der Waals surface area contributed by atoms with E-state index in [0.717, 1.165) is 17.3 Å². The van der Waals surface area contributed by atoms with Gasteiger partial charge in [-0.25, -0.2) is 0 Å². The third kappa shape index (κ3) is 2.43. The van der Waals surface area contributed by atoms with Crippen molar-refractivity contribution in [3.63, 3.8) is 0 Å². The summed E-state index contributed by atoms with van der Waals surface area (Å²) in [4.78, 5) is 0. The van der Waals surface area contributed by atoms with Crippen LogP contribution in [0.25, 0.3) is 5.69 Å². The molecule has 2 rings (SSSR count). The number of nitrogens with zero attached hydrogens (tertiary/aromatic N) is 4. The fourth-order valence-electron chi connectivity index (χ4n) is 1.61. The van der Waals surface area contributed by atoms with Gasteiger partial charge in [-0.2, -0.15) is 4.68 Å². The first-order valence-corrected chi connectivity index (χ1v) is 5.74. The van der Waals surface area contributed by atoms with Gasteiger partial charge in [0, 0.05) is 12.0 Å². The number of aromatic nitrogens is 4. The third-order valence-electron chi connectivity index (χ3n) is 2.38. The lowest BCUT2D eigenvalue weighted by Gasteiger charge is -2.08. The van der Waals surface area contributed by atoms with Crippen molar-refractivity contribution in [2.75, 3.05) is 6.61 Å². The molecular formula is C12H16N4O. The van der Waals surface area contributed by atoms with Crippen molar-refractivity contribution in [2.45, 2.75) is 26.7 Å². The molecule has 0 aliphatic heterocycles. The Morgan fingerprint density at radius 1 is 1.35 bits per heavy atom. The van der Waals surface area contributed by atoms with Crippen LogP contribution in [0.15, 0.2) is 24.3 Å². The summed E-state index contributed by atoms with van der Waals surface area (Å²) in [5.74, 6) is 1.95. The quantitative estimate of drug-likeness (QED) is 0.810. The molecule has 0 amide bonds. The summed E-state index contributed by atoms with van der Waals surface area (Å²) < 4.78 is 7.21. The number of tetrazole rings is 1. The lowest BCUT2D eigenvalue weighted by Crippen LogP contribution is -2.05. The van der Waals surface area contributed by atoms with Gasteiger partial charge in [-0.1, -0.05) is 19.9 Å². The van der Waals surface area contributed by atoms with E-state index < -0.39 is 0 Å². The van der Waals surface area contributed by atoms with Crippen molar-refractivity contribution in [3.8, 4) is 11.4 Å². The molecule has 17 heavy (non-hydrogen) atoms. The van der Waals surface area contributed by atoms with Crippen LogP contribution in [0.1, 0.15) is 32.5 Å². The minimum atomic E-state index is 0.278. The predicted octanol–water partition coefficient (Wildman–Crippen LogP) is 2.18. The van der Waals surface area contributed by atoms with Crippen LogP contribution in [0.4, 0.5) is 0 Å². The van der Waals surface area contributed by atoms with Gasteiger partial charge in [-0.05, 0) is 29.5 Å². The van der Waals surface area contributed by atoms with Gasteiger partial charge in [0.1, 0.15) is 5.75 Å². The molecule has 90 valence electrons.